The average molecular weight is 311 g/mol. The summed E-state index contributed by atoms with van der Waals surface area (Å²) in [5.41, 5.74) is 0. The first-order valence-corrected chi connectivity index (χ1v) is 9.91. The van der Waals surface area contributed by atoms with Crippen LogP contribution >= 0.6 is 0 Å². The molecule has 0 saturated carbocycles. The molecule has 0 amide bonds. The van der Waals surface area contributed by atoms with E-state index in [1.54, 1.807) is 0 Å². The molecule has 1 rings (SSSR count). The second kappa shape index (κ2) is 12.1. The number of hydrogen-bond acceptors (Lipinski definition) is 1. The Morgan fingerprint density at radius 1 is 0.864 bits per heavy atom. The second-order valence-corrected chi connectivity index (χ2v) is 7.10. The van der Waals surface area contributed by atoms with E-state index in [4.69, 9.17) is 4.74 Å². The van der Waals surface area contributed by atoms with E-state index in [-0.39, 0.29) is 0 Å². The summed E-state index contributed by atoms with van der Waals surface area (Å²) in [7, 11) is 0. The zero-order valence-corrected chi connectivity index (χ0v) is 15.5. The predicted molar refractivity (Wildman–Crippen MR) is 96.9 cm³/mol. The van der Waals surface area contributed by atoms with Gasteiger partial charge in [-0.1, -0.05) is 59.3 Å². The lowest BCUT2D eigenvalue weighted by Crippen LogP contribution is -2.47. The van der Waals surface area contributed by atoms with Crippen molar-refractivity contribution in [3.63, 3.8) is 0 Å². The van der Waals surface area contributed by atoms with Gasteiger partial charge in [-0.15, -0.1) is 0 Å². The Labute approximate surface area is 139 Å². The Morgan fingerprint density at radius 3 is 2.00 bits per heavy atom. The SMILES string of the molecule is CCCCCCC/C=C/[N+](CCCC)(CCCC)CC1CO1. The van der Waals surface area contributed by atoms with Crippen molar-refractivity contribution in [2.24, 2.45) is 0 Å². The van der Waals surface area contributed by atoms with Gasteiger partial charge in [0.2, 0.25) is 0 Å². The van der Waals surface area contributed by atoms with Gasteiger partial charge in [0.1, 0.15) is 12.6 Å². The second-order valence-electron chi connectivity index (χ2n) is 7.10. The van der Waals surface area contributed by atoms with Crippen LogP contribution in [0.2, 0.25) is 0 Å². The molecule has 2 heteroatoms. The number of epoxide rings is 1. The van der Waals surface area contributed by atoms with Gasteiger partial charge in [-0.25, -0.2) is 0 Å². The first-order valence-electron chi connectivity index (χ1n) is 9.91. The Bertz CT molecular complexity index is 275. The molecule has 0 N–H and O–H groups in total. The Kier molecular flexibility index (Phi) is 10.9. The zero-order valence-electron chi connectivity index (χ0n) is 15.5. The molecule has 2 nitrogen and oxygen atoms in total. The molecule has 0 aromatic heterocycles. The van der Waals surface area contributed by atoms with Crippen molar-refractivity contribution >= 4 is 0 Å². The molecule has 130 valence electrons. The van der Waals surface area contributed by atoms with Crippen molar-refractivity contribution in [3.8, 4) is 0 Å². The maximum atomic E-state index is 5.55. The molecule has 1 unspecified atom stereocenters. The first-order chi connectivity index (χ1) is 10.8. The standard InChI is InChI=1S/C20H40NO/c1-4-7-10-11-12-13-14-17-21(15-8-5-2,16-9-6-3)18-20-19-22-20/h14,17,20H,4-13,15-16,18-19H2,1-3H3/q+1/b17-14+. The lowest BCUT2D eigenvalue weighted by molar-refractivity contribution is -0.880. The molecule has 0 aromatic rings. The van der Waals surface area contributed by atoms with Gasteiger partial charge in [0.15, 0.2) is 0 Å². The van der Waals surface area contributed by atoms with E-state index in [1.807, 2.05) is 0 Å². The molecule has 0 radical (unpaired) electrons. The van der Waals surface area contributed by atoms with Crippen LogP contribution in [0.4, 0.5) is 0 Å². The number of nitrogens with zero attached hydrogens (tertiary/aromatic N) is 1. The normalized spacial score (nSPS) is 18.2. The summed E-state index contributed by atoms with van der Waals surface area (Å²) in [5.74, 6) is 0. The highest BCUT2D eigenvalue weighted by Gasteiger charge is 2.35. The third-order valence-corrected chi connectivity index (χ3v) is 4.78. The summed E-state index contributed by atoms with van der Waals surface area (Å²) in [6, 6.07) is 0. The van der Waals surface area contributed by atoms with Gasteiger partial charge in [0, 0.05) is 0 Å². The first kappa shape index (κ1) is 19.7. The quantitative estimate of drug-likeness (QED) is 0.215. The minimum atomic E-state index is 0.530. The van der Waals surface area contributed by atoms with Gasteiger partial charge in [0.25, 0.3) is 0 Å². The molecular formula is C20H40NO+. The Hall–Kier alpha value is -0.340. The van der Waals surface area contributed by atoms with E-state index < -0.39 is 0 Å². The number of quaternary nitrogens is 1. The summed E-state index contributed by atoms with van der Waals surface area (Å²) in [4.78, 5) is 0. The van der Waals surface area contributed by atoms with Gasteiger partial charge >= 0.3 is 0 Å². The van der Waals surface area contributed by atoms with Crippen LogP contribution in [0.25, 0.3) is 0 Å². The number of allylic oxidation sites excluding steroid dienone is 1. The van der Waals surface area contributed by atoms with Crippen molar-refractivity contribution in [1.82, 2.24) is 0 Å². The van der Waals surface area contributed by atoms with Crippen LogP contribution in [-0.4, -0.2) is 36.8 Å². The molecule has 1 atom stereocenters. The smallest absolute Gasteiger partial charge is 0.130 e. The molecule has 0 aliphatic carbocycles. The van der Waals surface area contributed by atoms with Crippen molar-refractivity contribution in [1.29, 1.82) is 0 Å². The van der Waals surface area contributed by atoms with Crippen LogP contribution in [0.1, 0.15) is 85.0 Å². The summed E-state index contributed by atoms with van der Waals surface area (Å²) in [6.07, 6.45) is 18.9. The summed E-state index contributed by atoms with van der Waals surface area (Å²) in [6.45, 7) is 11.7. The highest BCUT2D eigenvalue weighted by Crippen LogP contribution is 2.21. The van der Waals surface area contributed by atoms with Crippen LogP contribution in [0, 0.1) is 0 Å². The molecule has 1 heterocycles. The predicted octanol–water partition coefficient (Wildman–Crippen LogP) is 5.68. The van der Waals surface area contributed by atoms with Gasteiger partial charge in [-0.3, -0.25) is 4.48 Å². The van der Waals surface area contributed by atoms with Crippen LogP contribution in [-0.2, 0) is 4.74 Å². The fourth-order valence-corrected chi connectivity index (χ4v) is 3.19. The monoisotopic (exact) mass is 310 g/mol. The van der Waals surface area contributed by atoms with Crippen molar-refractivity contribution < 1.29 is 9.22 Å². The van der Waals surface area contributed by atoms with Crippen molar-refractivity contribution in [3.05, 3.63) is 12.3 Å². The zero-order chi connectivity index (χ0) is 16.1. The average Bonchev–Trinajstić information content (AvgIpc) is 3.34. The topological polar surface area (TPSA) is 12.5 Å². The van der Waals surface area contributed by atoms with Crippen LogP contribution in [0.15, 0.2) is 12.3 Å². The maximum Gasteiger partial charge on any atom is 0.130 e. The molecule has 1 aliphatic heterocycles. The maximum absolute atomic E-state index is 5.55. The van der Waals surface area contributed by atoms with Gasteiger partial charge in [-0.05, 0) is 31.8 Å². The number of unbranched alkanes of at least 4 members (excludes halogenated alkanes) is 7. The van der Waals surface area contributed by atoms with Gasteiger partial charge < -0.3 is 4.74 Å². The molecule has 0 aromatic carbocycles. The number of rotatable bonds is 15. The minimum absolute atomic E-state index is 0.530. The summed E-state index contributed by atoms with van der Waals surface area (Å²) in [5, 5.41) is 0. The molecule has 0 bridgehead atoms. The van der Waals surface area contributed by atoms with Gasteiger partial charge in [-0.2, -0.15) is 0 Å². The van der Waals surface area contributed by atoms with Crippen molar-refractivity contribution in [2.45, 2.75) is 91.1 Å². The van der Waals surface area contributed by atoms with E-state index in [2.05, 4.69) is 33.0 Å². The van der Waals surface area contributed by atoms with E-state index in [0.29, 0.717) is 6.10 Å². The Balaban J connectivity index is 2.45. The van der Waals surface area contributed by atoms with Gasteiger partial charge in [0.05, 0.1) is 25.9 Å². The largest absolute Gasteiger partial charge is 0.367 e. The van der Waals surface area contributed by atoms with E-state index >= 15 is 0 Å². The molecule has 1 saturated heterocycles. The molecule has 22 heavy (non-hydrogen) atoms. The summed E-state index contributed by atoms with van der Waals surface area (Å²) < 4.78 is 6.71. The van der Waals surface area contributed by atoms with Crippen LogP contribution < -0.4 is 0 Å². The third-order valence-electron chi connectivity index (χ3n) is 4.78. The molecular weight excluding hydrogens is 270 g/mol. The van der Waals surface area contributed by atoms with Crippen LogP contribution in [0.5, 0.6) is 0 Å². The highest BCUT2D eigenvalue weighted by atomic mass is 16.6. The van der Waals surface area contributed by atoms with Crippen LogP contribution in [0.3, 0.4) is 0 Å². The van der Waals surface area contributed by atoms with E-state index in [0.717, 1.165) is 6.61 Å². The van der Waals surface area contributed by atoms with Crippen molar-refractivity contribution in [2.75, 3.05) is 26.2 Å². The fraction of sp³-hybridized carbons (Fsp3) is 0.900. The Morgan fingerprint density at radius 2 is 1.45 bits per heavy atom. The lowest BCUT2D eigenvalue weighted by atomic mass is 10.1. The summed E-state index contributed by atoms with van der Waals surface area (Å²) >= 11 is 0. The fourth-order valence-electron chi connectivity index (χ4n) is 3.19. The van der Waals surface area contributed by atoms with E-state index in [9.17, 15) is 0 Å². The van der Waals surface area contributed by atoms with E-state index in [1.165, 1.54) is 88.3 Å². The minimum Gasteiger partial charge on any atom is -0.367 e. The molecule has 1 fully saturated rings. The number of ether oxygens (including phenoxy) is 1. The lowest BCUT2D eigenvalue weighted by Gasteiger charge is -2.35. The molecule has 0 spiro atoms. The number of hydrogen-bond donors (Lipinski definition) is 0. The third kappa shape index (κ3) is 8.95. The highest BCUT2D eigenvalue weighted by molar-refractivity contribution is 4.79. The molecule has 1 aliphatic rings.